The molecular formula is C22H31ClN2S. The van der Waals surface area contributed by atoms with Gasteiger partial charge in [0.25, 0.3) is 0 Å². The molecule has 142 valence electrons. The lowest BCUT2D eigenvalue weighted by Crippen LogP contribution is -2.46. The average molecular weight is 391 g/mol. The highest BCUT2D eigenvalue weighted by atomic mass is 35.5. The molecule has 0 spiro atoms. The molecule has 0 atom stereocenters. The molecule has 3 rings (SSSR count). The number of rotatable bonds is 5. The summed E-state index contributed by atoms with van der Waals surface area (Å²) in [5.74, 6) is 0. The molecule has 0 unspecified atom stereocenters. The van der Waals surface area contributed by atoms with Crippen LogP contribution in [0.2, 0.25) is 5.02 Å². The van der Waals surface area contributed by atoms with Gasteiger partial charge in [-0.05, 0) is 86.3 Å². The van der Waals surface area contributed by atoms with E-state index < -0.39 is 0 Å². The number of hydrogen-bond donors (Lipinski definition) is 1. The fourth-order valence-electron chi connectivity index (χ4n) is 4.07. The van der Waals surface area contributed by atoms with Gasteiger partial charge in [-0.1, -0.05) is 17.2 Å². The Bertz CT molecular complexity index is 666. The molecule has 1 aliphatic heterocycles. The maximum absolute atomic E-state index is 6.00. The van der Waals surface area contributed by atoms with Gasteiger partial charge in [-0.3, -0.25) is 4.90 Å². The van der Waals surface area contributed by atoms with Crippen LogP contribution in [-0.2, 0) is 0 Å². The van der Waals surface area contributed by atoms with Crippen molar-refractivity contribution in [1.29, 1.82) is 0 Å². The third-order valence-corrected chi connectivity index (χ3v) is 6.39. The van der Waals surface area contributed by atoms with E-state index in [-0.39, 0.29) is 0 Å². The zero-order valence-electron chi connectivity index (χ0n) is 16.1. The number of allylic oxidation sites excluding steroid dienone is 3. The lowest BCUT2D eigenvalue weighted by Gasteiger charge is -2.36. The van der Waals surface area contributed by atoms with Crippen LogP contribution in [0.25, 0.3) is 0 Å². The predicted octanol–water partition coefficient (Wildman–Crippen LogP) is 5.95. The Morgan fingerprint density at radius 2 is 1.65 bits per heavy atom. The van der Waals surface area contributed by atoms with Crippen LogP contribution in [0.1, 0.15) is 46.0 Å². The number of anilines is 1. The number of nitrogens with zero attached hydrogens (tertiary/aromatic N) is 2. The smallest absolute Gasteiger partial charge is 0.0407 e. The Kier molecular flexibility index (Phi) is 7.13. The van der Waals surface area contributed by atoms with Crippen LogP contribution < -0.4 is 4.90 Å². The first-order valence-electron chi connectivity index (χ1n) is 9.85. The Morgan fingerprint density at radius 1 is 1.00 bits per heavy atom. The third-order valence-electron chi connectivity index (χ3n) is 5.65. The summed E-state index contributed by atoms with van der Waals surface area (Å²) in [5.41, 5.74) is 5.86. The fraction of sp³-hybridized carbons (Fsp3) is 0.545. The maximum atomic E-state index is 6.00. The second-order valence-electron chi connectivity index (χ2n) is 7.67. The quantitative estimate of drug-likeness (QED) is 0.621. The maximum Gasteiger partial charge on any atom is 0.0407 e. The van der Waals surface area contributed by atoms with Crippen LogP contribution in [-0.4, -0.2) is 37.6 Å². The Hall–Kier alpha value is -0.900. The first-order valence-corrected chi connectivity index (χ1v) is 10.7. The number of halogens is 1. The highest BCUT2D eigenvalue weighted by Gasteiger charge is 2.19. The number of benzene rings is 1. The SMILES string of the molecule is CC(C)=C(CCN1CCN(c2ccc(Cl)cc2)CC1)C1=C(S)CCCC1. The van der Waals surface area contributed by atoms with Crippen LogP contribution >= 0.6 is 24.2 Å². The van der Waals surface area contributed by atoms with Crippen LogP contribution in [0.4, 0.5) is 5.69 Å². The molecule has 2 nitrogen and oxygen atoms in total. The van der Waals surface area contributed by atoms with Crippen molar-refractivity contribution in [3.63, 3.8) is 0 Å². The minimum absolute atomic E-state index is 0.808. The molecular weight excluding hydrogens is 360 g/mol. The van der Waals surface area contributed by atoms with Crippen molar-refractivity contribution in [3.05, 3.63) is 50.9 Å². The Morgan fingerprint density at radius 3 is 2.27 bits per heavy atom. The number of hydrogen-bond acceptors (Lipinski definition) is 3. The minimum atomic E-state index is 0.808. The van der Waals surface area contributed by atoms with Crippen molar-refractivity contribution in [1.82, 2.24) is 4.90 Å². The molecule has 1 aromatic carbocycles. The van der Waals surface area contributed by atoms with Crippen LogP contribution in [0.3, 0.4) is 0 Å². The van der Waals surface area contributed by atoms with Gasteiger partial charge in [0.05, 0.1) is 0 Å². The monoisotopic (exact) mass is 390 g/mol. The van der Waals surface area contributed by atoms with Crippen LogP contribution in [0.5, 0.6) is 0 Å². The molecule has 0 saturated carbocycles. The summed E-state index contributed by atoms with van der Waals surface area (Å²) < 4.78 is 0. The largest absolute Gasteiger partial charge is 0.369 e. The summed E-state index contributed by atoms with van der Waals surface area (Å²) >= 11 is 10.8. The van der Waals surface area contributed by atoms with Gasteiger partial charge in [-0.2, -0.15) is 0 Å². The van der Waals surface area contributed by atoms with Crippen molar-refractivity contribution in [2.45, 2.75) is 46.0 Å². The molecule has 0 bridgehead atoms. The zero-order valence-corrected chi connectivity index (χ0v) is 17.8. The van der Waals surface area contributed by atoms with Gasteiger partial charge >= 0.3 is 0 Å². The normalized spacial score (nSPS) is 19.0. The lowest BCUT2D eigenvalue weighted by molar-refractivity contribution is 0.261. The van der Waals surface area contributed by atoms with E-state index in [1.54, 1.807) is 11.1 Å². The first kappa shape index (κ1) is 19.9. The topological polar surface area (TPSA) is 6.48 Å². The van der Waals surface area contributed by atoms with E-state index in [1.807, 2.05) is 12.1 Å². The van der Waals surface area contributed by atoms with Gasteiger partial charge in [0.15, 0.2) is 0 Å². The summed E-state index contributed by atoms with van der Waals surface area (Å²) in [6.07, 6.45) is 6.14. The molecule has 0 N–H and O–H groups in total. The van der Waals surface area contributed by atoms with Gasteiger partial charge in [-0.25, -0.2) is 0 Å². The summed E-state index contributed by atoms with van der Waals surface area (Å²) in [4.78, 5) is 6.40. The van der Waals surface area contributed by atoms with E-state index in [0.717, 1.165) is 50.6 Å². The molecule has 0 radical (unpaired) electrons. The third kappa shape index (κ3) is 5.09. The lowest BCUT2D eigenvalue weighted by atomic mass is 9.89. The molecule has 1 heterocycles. The second kappa shape index (κ2) is 9.34. The van der Waals surface area contributed by atoms with Gasteiger partial charge in [0.2, 0.25) is 0 Å². The molecule has 1 aliphatic carbocycles. The first-order chi connectivity index (χ1) is 12.5. The van der Waals surface area contributed by atoms with Crippen molar-refractivity contribution in [3.8, 4) is 0 Å². The van der Waals surface area contributed by atoms with Gasteiger partial charge in [0, 0.05) is 43.4 Å². The average Bonchev–Trinajstić information content (AvgIpc) is 2.64. The standard InChI is InChI=1S/C22H31ClN2S/c1-17(2)20(21-5-3-4-6-22(21)26)11-12-24-13-15-25(16-14-24)19-9-7-18(23)8-10-19/h7-10,26H,3-6,11-16H2,1-2H3. The van der Waals surface area contributed by atoms with Gasteiger partial charge < -0.3 is 4.90 Å². The zero-order chi connectivity index (χ0) is 18.5. The summed E-state index contributed by atoms with van der Waals surface area (Å²) in [5, 5.41) is 0.808. The van der Waals surface area contributed by atoms with Crippen molar-refractivity contribution in [2.24, 2.45) is 0 Å². The highest BCUT2D eigenvalue weighted by molar-refractivity contribution is 7.84. The number of thiol groups is 1. The Balaban J connectivity index is 1.54. The van der Waals surface area contributed by atoms with E-state index in [9.17, 15) is 0 Å². The Labute approximate surface area is 169 Å². The van der Waals surface area contributed by atoms with E-state index in [0.29, 0.717) is 0 Å². The van der Waals surface area contributed by atoms with Crippen molar-refractivity contribution in [2.75, 3.05) is 37.6 Å². The minimum Gasteiger partial charge on any atom is -0.369 e. The van der Waals surface area contributed by atoms with E-state index >= 15 is 0 Å². The van der Waals surface area contributed by atoms with E-state index in [1.165, 1.54) is 35.4 Å². The molecule has 1 fully saturated rings. The second-order valence-corrected chi connectivity index (χ2v) is 8.64. The molecule has 2 aliphatic rings. The summed E-state index contributed by atoms with van der Waals surface area (Å²) in [7, 11) is 0. The predicted molar refractivity (Wildman–Crippen MR) is 118 cm³/mol. The molecule has 0 aromatic heterocycles. The molecule has 1 aromatic rings. The summed E-state index contributed by atoms with van der Waals surface area (Å²) in [6, 6.07) is 8.22. The molecule has 1 saturated heterocycles. The van der Waals surface area contributed by atoms with Gasteiger partial charge in [-0.15, -0.1) is 12.6 Å². The van der Waals surface area contributed by atoms with Crippen molar-refractivity contribution >= 4 is 29.9 Å². The van der Waals surface area contributed by atoms with Crippen molar-refractivity contribution < 1.29 is 0 Å². The van der Waals surface area contributed by atoms with E-state index in [4.69, 9.17) is 24.2 Å². The molecule has 0 amide bonds. The molecule has 26 heavy (non-hydrogen) atoms. The summed E-state index contributed by atoms with van der Waals surface area (Å²) in [6.45, 7) is 10.1. The molecule has 4 heteroatoms. The fourth-order valence-corrected chi connectivity index (χ4v) is 4.60. The van der Waals surface area contributed by atoms with Gasteiger partial charge in [0.1, 0.15) is 0 Å². The van der Waals surface area contributed by atoms with E-state index in [2.05, 4.69) is 35.8 Å². The number of piperazine rings is 1. The highest BCUT2D eigenvalue weighted by Crippen LogP contribution is 2.34. The van der Waals surface area contributed by atoms with Crippen LogP contribution in [0, 0.1) is 0 Å². The van der Waals surface area contributed by atoms with Crippen LogP contribution in [0.15, 0.2) is 45.9 Å².